The Hall–Kier alpha value is -3.03. The number of thiophene rings is 1. The van der Waals surface area contributed by atoms with Crippen LogP contribution in [-0.2, 0) is 21.4 Å². The lowest BCUT2D eigenvalue weighted by atomic mass is 9.86. The zero-order valence-corrected chi connectivity index (χ0v) is 22.8. The number of nitrogens with zero attached hydrogens (tertiary/aromatic N) is 2. The number of rotatable bonds is 8. The summed E-state index contributed by atoms with van der Waals surface area (Å²) in [6.45, 7) is 7.84. The van der Waals surface area contributed by atoms with Gasteiger partial charge in [0.2, 0.25) is 5.91 Å². The van der Waals surface area contributed by atoms with Gasteiger partial charge in [0.05, 0.1) is 6.04 Å². The molecule has 0 spiro atoms. The van der Waals surface area contributed by atoms with Gasteiger partial charge in [-0.25, -0.2) is 4.39 Å². The van der Waals surface area contributed by atoms with Crippen LogP contribution in [0.3, 0.4) is 0 Å². The van der Waals surface area contributed by atoms with Crippen LogP contribution in [0.25, 0.3) is 0 Å². The first kappa shape index (κ1) is 27.0. The number of fused-ring (bicyclic) bond motifs is 1. The summed E-state index contributed by atoms with van der Waals surface area (Å²) in [6.07, 6.45) is 1.40. The smallest absolute Gasteiger partial charge is 0.254 e. The molecule has 1 aromatic heterocycles. The summed E-state index contributed by atoms with van der Waals surface area (Å²) in [5.74, 6) is -0.602. The number of hydrogen-bond acceptors (Lipinski definition) is 4. The molecule has 0 aliphatic carbocycles. The Morgan fingerprint density at radius 2 is 1.78 bits per heavy atom. The number of carbonyl (C=O) groups is 2. The van der Waals surface area contributed by atoms with E-state index in [0.29, 0.717) is 31.7 Å². The molecule has 1 aliphatic rings. The Labute approximate surface area is 222 Å². The molecule has 0 saturated heterocycles. The van der Waals surface area contributed by atoms with Crippen molar-refractivity contribution in [3.05, 3.63) is 92.9 Å². The minimum atomic E-state index is -0.310. The highest BCUT2D eigenvalue weighted by atomic mass is 32.1. The second kappa shape index (κ2) is 11.6. The summed E-state index contributed by atoms with van der Waals surface area (Å²) in [5.41, 5.74) is 3.63. The molecule has 2 heterocycles. The fourth-order valence-electron chi connectivity index (χ4n) is 4.79. The SMILES string of the molecule is COCCCN(CC(=O)N1CCc2sccc2C1c1ccc(F)cc1)C(=O)c1ccc(C(C)(C)C)cc1. The van der Waals surface area contributed by atoms with Crippen molar-refractivity contribution in [3.8, 4) is 0 Å². The Morgan fingerprint density at radius 3 is 2.43 bits per heavy atom. The minimum absolute atomic E-state index is 0.0141. The maximum absolute atomic E-state index is 13.8. The van der Waals surface area contributed by atoms with Crippen molar-refractivity contribution >= 4 is 23.2 Å². The molecule has 0 bridgehead atoms. The monoisotopic (exact) mass is 522 g/mol. The summed E-state index contributed by atoms with van der Waals surface area (Å²) in [6, 6.07) is 15.7. The third kappa shape index (κ3) is 6.28. The third-order valence-corrected chi connectivity index (χ3v) is 7.86. The Bertz CT molecular complexity index is 1210. The topological polar surface area (TPSA) is 49.9 Å². The van der Waals surface area contributed by atoms with Gasteiger partial charge in [0.25, 0.3) is 5.91 Å². The number of methoxy groups -OCH3 is 1. The molecule has 0 radical (unpaired) electrons. The standard InChI is InChI=1S/C30H35FN2O3S/c1-30(2,3)23-10-6-22(7-11-23)29(35)32(16-5-18-36-4)20-27(34)33-17-14-26-25(15-19-37-26)28(33)21-8-12-24(31)13-9-21/h6-13,15,19,28H,5,14,16-18,20H2,1-4H3. The van der Waals surface area contributed by atoms with Crippen LogP contribution in [0.15, 0.2) is 60.0 Å². The Morgan fingerprint density at radius 1 is 1.08 bits per heavy atom. The van der Waals surface area contributed by atoms with Gasteiger partial charge in [-0.1, -0.05) is 45.0 Å². The molecule has 1 unspecified atom stereocenters. The molecule has 37 heavy (non-hydrogen) atoms. The summed E-state index contributed by atoms with van der Waals surface area (Å²) in [7, 11) is 1.63. The maximum atomic E-state index is 13.8. The first-order valence-corrected chi connectivity index (χ1v) is 13.6. The van der Waals surface area contributed by atoms with E-state index < -0.39 is 0 Å². The van der Waals surface area contributed by atoms with Gasteiger partial charge in [0.1, 0.15) is 12.4 Å². The molecule has 2 aromatic carbocycles. The van der Waals surface area contributed by atoms with Crippen molar-refractivity contribution in [2.75, 3.05) is 33.4 Å². The van der Waals surface area contributed by atoms with Gasteiger partial charge in [-0.2, -0.15) is 0 Å². The van der Waals surface area contributed by atoms with Crippen LogP contribution in [0.5, 0.6) is 0 Å². The van der Waals surface area contributed by atoms with E-state index in [1.807, 2.05) is 40.6 Å². The van der Waals surface area contributed by atoms with Gasteiger partial charge in [-0.15, -0.1) is 11.3 Å². The van der Waals surface area contributed by atoms with E-state index in [0.717, 1.165) is 23.1 Å². The highest BCUT2D eigenvalue weighted by molar-refractivity contribution is 7.10. The molecule has 4 rings (SSSR count). The molecule has 0 fully saturated rings. The second-order valence-corrected chi connectivity index (χ2v) is 11.5. The van der Waals surface area contributed by atoms with Crippen LogP contribution in [0.2, 0.25) is 0 Å². The molecular formula is C30H35FN2O3S. The number of halogens is 1. The summed E-state index contributed by atoms with van der Waals surface area (Å²) in [5, 5.41) is 2.04. The predicted octanol–water partition coefficient (Wildman–Crippen LogP) is 5.84. The fourth-order valence-corrected chi connectivity index (χ4v) is 5.70. The van der Waals surface area contributed by atoms with E-state index >= 15 is 0 Å². The van der Waals surface area contributed by atoms with Gasteiger partial charge < -0.3 is 14.5 Å². The number of carbonyl (C=O) groups excluding carboxylic acids is 2. The highest BCUT2D eigenvalue weighted by Gasteiger charge is 2.34. The van der Waals surface area contributed by atoms with E-state index in [4.69, 9.17) is 4.74 Å². The van der Waals surface area contributed by atoms with E-state index in [2.05, 4.69) is 20.8 Å². The van der Waals surface area contributed by atoms with E-state index in [9.17, 15) is 14.0 Å². The van der Waals surface area contributed by atoms with Crippen LogP contribution in [0.1, 0.15) is 65.2 Å². The largest absolute Gasteiger partial charge is 0.385 e. The summed E-state index contributed by atoms with van der Waals surface area (Å²) in [4.78, 5) is 32.0. The first-order chi connectivity index (χ1) is 17.7. The van der Waals surface area contributed by atoms with Gasteiger partial charge in [-0.3, -0.25) is 9.59 Å². The Kier molecular flexibility index (Phi) is 8.45. The van der Waals surface area contributed by atoms with E-state index in [1.165, 1.54) is 17.0 Å². The second-order valence-electron chi connectivity index (χ2n) is 10.5. The Balaban J connectivity index is 1.58. The zero-order chi connectivity index (χ0) is 26.6. The average Bonchev–Trinajstić information content (AvgIpc) is 3.36. The van der Waals surface area contributed by atoms with Crippen LogP contribution >= 0.6 is 11.3 Å². The van der Waals surface area contributed by atoms with Crippen molar-refractivity contribution in [1.82, 2.24) is 9.80 Å². The van der Waals surface area contributed by atoms with Crippen LogP contribution in [-0.4, -0.2) is 55.0 Å². The van der Waals surface area contributed by atoms with Crippen molar-refractivity contribution in [1.29, 1.82) is 0 Å². The molecule has 0 N–H and O–H groups in total. The molecule has 7 heteroatoms. The maximum Gasteiger partial charge on any atom is 0.254 e. The summed E-state index contributed by atoms with van der Waals surface area (Å²) >= 11 is 1.68. The molecule has 5 nitrogen and oxygen atoms in total. The van der Waals surface area contributed by atoms with E-state index in [1.54, 1.807) is 35.5 Å². The molecule has 3 aromatic rings. The number of hydrogen-bond donors (Lipinski definition) is 0. The fraction of sp³-hybridized carbons (Fsp3) is 0.400. The van der Waals surface area contributed by atoms with Crippen LogP contribution in [0, 0.1) is 5.82 Å². The van der Waals surface area contributed by atoms with Crippen LogP contribution < -0.4 is 0 Å². The summed E-state index contributed by atoms with van der Waals surface area (Å²) < 4.78 is 18.9. The number of benzene rings is 2. The normalized spacial score (nSPS) is 15.4. The molecular weight excluding hydrogens is 487 g/mol. The molecule has 0 saturated carbocycles. The zero-order valence-electron chi connectivity index (χ0n) is 22.0. The van der Waals surface area contributed by atoms with Crippen molar-refractivity contribution in [2.24, 2.45) is 0 Å². The van der Waals surface area contributed by atoms with E-state index in [-0.39, 0.29) is 35.6 Å². The molecule has 196 valence electrons. The quantitative estimate of drug-likeness (QED) is 0.350. The lowest BCUT2D eigenvalue weighted by molar-refractivity contribution is -0.134. The van der Waals surface area contributed by atoms with Crippen molar-refractivity contribution in [3.63, 3.8) is 0 Å². The van der Waals surface area contributed by atoms with Gasteiger partial charge in [0, 0.05) is 37.2 Å². The van der Waals surface area contributed by atoms with Gasteiger partial charge in [0.15, 0.2) is 0 Å². The minimum Gasteiger partial charge on any atom is -0.385 e. The van der Waals surface area contributed by atoms with Gasteiger partial charge in [-0.05, 0) is 70.7 Å². The molecule has 2 amide bonds. The van der Waals surface area contributed by atoms with Crippen molar-refractivity contribution in [2.45, 2.75) is 45.1 Å². The highest BCUT2D eigenvalue weighted by Crippen LogP contribution is 2.38. The van der Waals surface area contributed by atoms with Crippen LogP contribution in [0.4, 0.5) is 4.39 Å². The third-order valence-electron chi connectivity index (χ3n) is 6.86. The first-order valence-electron chi connectivity index (χ1n) is 12.7. The predicted molar refractivity (Wildman–Crippen MR) is 146 cm³/mol. The average molecular weight is 523 g/mol. The van der Waals surface area contributed by atoms with Crippen molar-refractivity contribution < 1.29 is 18.7 Å². The molecule has 1 atom stereocenters. The lowest BCUT2D eigenvalue weighted by Crippen LogP contribution is -2.47. The van der Waals surface area contributed by atoms with Gasteiger partial charge >= 0.3 is 0 Å². The number of amides is 2. The number of ether oxygens (including phenoxy) is 1. The lowest BCUT2D eigenvalue weighted by Gasteiger charge is -2.37. The molecule has 1 aliphatic heterocycles.